The molecule has 0 aliphatic carbocycles. The molecule has 1 fully saturated rings. The highest BCUT2D eigenvalue weighted by Crippen LogP contribution is 2.28. The SMILES string of the molecule is O=C(O)CC1CCN(C(=O)c2cn(-c3ccc(C(F)(F)F)cn3)nn2)CC1. The van der Waals surface area contributed by atoms with Gasteiger partial charge in [-0.15, -0.1) is 5.10 Å². The first-order chi connectivity index (χ1) is 12.7. The zero-order chi connectivity index (χ0) is 19.6. The lowest BCUT2D eigenvalue weighted by atomic mass is 9.93. The molecule has 3 heterocycles. The van der Waals surface area contributed by atoms with Crippen LogP contribution < -0.4 is 0 Å². The molecule has 0 unspecified atom stereocenters. The molecule has 1 amide bonds. The van der Waals surface area contributed by atoms with Crippen LogP contribution in [0.4, 0.5) is 13.2 Å². The lowest BCUT2D eigenvalue weighted by molar-refractivity contribution is -0.139. The first-order valence-corrected chi connectivity index (χ1v) is 8.21. The largest absolute Gasteiger partial charge is 0.481 e. The number of hydrogen-bond donors (Lipinski definition) is 1. The third kappa shape index (κ3) is 4.41. The van der Waals surface area contributed by atoms with Crippen molar-refractivity contribution in [3.05, 3.63) is 35.8 Å². The number of rotatable bonds is 4. The summed E-state index contributed by atoms with van der Waals surface area (Å²) in [6.07, 6.45) is -1.23. The molecular weight excluding hydrogens is 367 g/mol. The Morgan fingerprint density at radius 2 is 1.93 bits per heavy atom. The summed E-state index contributed by atoms with van der Waals surface area (Å²) in [5.41, 5.74) is -0.833. The second kappa shape index (κ2) is 7.33. The van der Waals surface area contributed by atoms with Gasteiger partial charge in [-0.3, -0.25) is 9.59 Å². The Bertz CT molecular complexity index is 827. The van der Waals surface area contributed by atoms with Gasteiger partial charge in [-0.05, 0) is 30.9 Å². The quantitative estimate of drug-likeness (QED) is 0.867. The summed E-state index contributed by atoms with van der Waals surface area (Å²) in [4.78, 5) is 28.5. The van der Waals surface area contributed by atoms with Crippen molar-refractivity contribution in [2.45, 2.75) is 25.4 Å². The molecule has 0 atom stereocenters. The second-order valence-corrected chi connectivity index (χ2v) is 6.28. The molecule has 1 saturated heterocycles. The van der Waals surface area contributed by atoms with Gasteiger partial charge in [0, 0.05) is 25.7 Å². The van der Waals surface area contributed by atoms with Crippen LogP contribution in [-0.4, -0.2) is 55.0 Å². The summed E-state index contributed by atoms with van der Waals surface area (Å²) in [5.74, 6) is -1.07. The van der Waals surface area contributed by atoms with Crippen LogP contribution in [0, 0.1) is 5.92 Å². The zero-order valence-electron chi connectivity index (χ0n) is 14.1. The van der Waals surface area contributed by atoms with Gasteiger partial charge in [0.05, 0.1) is 11.8 Å². The summed E-state index contributed by atoms with van der Waals surface area (Å²) in [5, 5.41) is 16.3. The summed E-state index contributed by atoms with van der Waals surface area (Å²) in [7, 11) is 0. The molecule has 1 N–H and O–H groups in total. The number of pyridine rings is 1. The number of hydrogen-bond acceptors (Lipinski definition) is 5. The fourth-order valence-corrected chi connectivity index (χ4v) is 2.91. The number of carboxylic acid groups (broad SMARTS) is 1. The van der Waals surface area contributed by atoms with E-state index in [4.69, 9.17) is 5.11 Å². The number of carbonyl (C=O) groups is 2. The van der Waals surface area contributed by atoms with E-state index < -0.39 is 17.7 Å². The highest BCUT2D eigenvalue weighted by Gasteiger charge is 2.31. The minimum Gasteiger partial charge on any atom is -0.481 e. The highest BCUT2D eigenvalue weighted by atomic mass is 19.4. The fourth-order valence-electron chi connectivity index (χ4n) is 2.91. The number of alkyl halides is 3. The van der Waals surface area contributed by atoms with Crippen LogP contribution in [0.3, 0.4) is 0 Å². The Morgan fingerprint density at radius 3 is 2.48 bits per heavy atom. The average molecular weight is 383 g/mol. The Labute approximate surface area is 151 Å². The number of aromatic nitrogens is 4. The van der Waals surface area contributed by atoms with Gasteiger partial charge in [0.2, 0.25) is 0 Å². The number of likely N-dealkylation sites (tertiary alicyclic amines) is 1. The van der Waals surface area contributed by atoms with Crippen molar-refractivity contribution >= 4 is 11.9 Å². The minimum atomic E-state index is -4.48. The van der Waals surface area contributed by atoms with Gasteiger partial charge >= 0.3 is 12.1 Å². The van der Waals surface area contributed by atoms with Gasteiger partial charge in [0.25, 0.3) is 5.91 Å². The van der Waals surface area contributed by atoms with E-state index in [9.17, 15) is 22.8 Å². The minimum absolute atomic E-state index is 0.0404. The van der Waals surface area contributed by atoms with E-state index in [1.54, 1.807) is 4.90 Å². The van der Waals surface area contributed by atoms with Crippen molar-refractivity contribution in [3.63, 3.8) is 0 Å². The van der Waals surface area contributed by atoms with Crippen molar-refractivity contribution in [1.82, 2.24) is 24.9 Å². The van der Waals surface area contributed by atoms with Crippen molar-refractivity contribution in [2.24, 2.45) is 5.92 Å². The fraction of sp³-hybridized carbons (Fsp3) is 0.438. The predicted octanol–water partition coefficient (Wildman–Crippen LogP) is 2.01. The summed E-state index contributed by atoms with van der Waals surface area (Å²) < 4.78 is 38.9. The topological polar surface area (TPSA) is 101 Å². The average Bonchev–Trinajstić information content (AvgIpc) is 3.11. The third-order valence-corrected chi connectivity index (χ3v) is 4.39. The van der Waals surface area contributed by atoms with E-state index >= 15 is 0 Å². The van der Waals surface area contributed by atoms with Gasteiger partial charge < -0.3 is 10.0 Å². The van der Waals surface area contributed by atoms with Crippen molar-refractivity contribution < 1.29 is 27.9 Å². The molecule has 0 aromatic carbocycles. The van der Waals surface area contributed by atoms with E-state index in [2.05, 4.69) is 15.3 Å². The highest BCUT2D eigenvalue weighted by molar-refractivity contribution is 5.92. The molecule has 1 aliphatic heterocycles. The molecule has 1 aliphatic rings. The van der Waals surface area contributed by atoms with Gasteiger partial charge in [-0.1, -0.05) is 5.21 Å². The molecule has 0 radical (unpaired) electrons. The van der Waals surface area contributed by atoms with Crippen LogP contribution >= 0.6 is 0 Å². The van der Waals surface area contributed by atoms with Crippen molar-refractivity contribution in [3.8, 4) is 5.82 Å². The zero-order valence-corrected chi connectivity index (χ0v) is 14.1. The Morgan fingerprint density at radius 1 is 1.22 bits per heavy atom. The molecule has 0 spiro atoms. The van der Waals surface area contributed by atoms with Crippen LogP contribution in [0.15, 0.2) is 24.5 Å². The van der Waals surface area contributed by atoms with E-state index in [0.717, 1.165) is 16.8 Å². The number of piperidine rings is 1. The lowest BCUT2D eigenvalue weighted by Gasteiger charge is -2.30. The number of nitrogens with zero attached hydrogens (tertiary/aromatic N) is 5. The summed E-state index contributed by atoms with van der Waals surface area (Å²) in [6, 6.07) is 2.02. The molecule has 3 rings (SSSR count). The van der Waals surface area contributed by atoms with Gasteiger partial charge in [-0.25, -0.2) is 9.67 Å². The Kier molecular flexibility index (Phi) is 5.10. The second-order valence-electron chi connectivity index (χ2n) is 6.28. The number of carboxylic acids is 1. The number of carbonyl (C=O) groups excluding carboxylic acids is 1. The summed E-state index contributed by atoms with van der Waals surface area (Å²) >= 11 is 0. The van der Waals surface area contributed by atoms with Crippen LogP contribution in [-0.2, 0) is 11.0 Å². The van der Waals surface area contributed by atoms with Crippen molar-refractivity contribution in [2.75, 3.05) is 13.1 Å². The normalized spacial score (nSPS) is 15.7. The van der Waals surface area contributed by atoms with Crippen molar-refractivity contribution in [1.29, 1.82) is 0 Å². The predicted molar refractivity (Wildman–Crippen MR) is 85.0 cm³/mol. The molecule has 27 heavy (non-hydrogen) atoms. The summed E-state index contributed by atoms with van der Waals surface area (Å²) in [6.45, 7) is 0.838. The smallest absolute Gasteiger partial charge is 0.417 e. The van der Waals surface area contributed by atoms with E-state index in [1.807, 2.05) is 0 Å². The Hall–Kier alpha value is -2.98. The van der Waals surface area contributed by atoms with Gasteiger partial charge in [-0.2, -0.15) is 13.2 Å². The molecule has 8 nitrogen and oxygen atoms in total. The van der Waals surface area contributed by atoms with Crippen LogP contribution in [0.2, 0.25) is 0 Å². The van der Waals surface area contributed by atoms with Crippen LogP contribution in [0.1, 0.15) is 35.3 Å². The standard InChI is InChI=1S/C16H16F3N5O3/c17-16(18,19)11-1-2-13(20-8-11)24-9-12(21-22-24)15(27)23-5-3-10(4-6-23)7-14(25)26/h1-2,8-10H,3-7H2,(H,25,26). The molecule has 0 saturated carbocycles. The van der Waals surface area contributed by atoms with E-state index in [1.165, 1.54) is 6.20 Å². The van der Waals surface area contributed by atoms with Crippen LogP contribution in [0.25, 0.3) is 5.82 Å². The molecule has 0 bridgehead atoms. The lowest BCUT2D eigenvalue weighted by Crippen LogP contribution is -2.39. The molecule has 144 valence electrons. The third-order valence-electron chi connectivity index (χ3n) is 4.39. The van der Waals surface area contributed by atoms with Gasteiger partial charge in [0.15, 0.2) is 11.5 Å². The van der Waals surface area contributed by atoms with Crippen LogP contribution in [0.5, 0.6) is 0 Å². The van der Waals surface area contributed by atoms with E-state index in [-0.39, 0.29) is 29.8 Å². The first kappa shape index (κ1) is 18.8. The monoisotopic (exact) mass is 383 g/mol. The maximum atomic E-state index is 12.6. The number of aliphatic carboxylic acids is 1. The first-order valence-electron chi connectivity index (χ1n) is 8.21. The van der Waals surface area contributed by atoms with Gasteiger partial charge in [0.1, 0.15) is 0 Å². The molecular formula is C16H16F3N5O3. The molecule has 11 heteroatoms. The molecule has 2 aromatic rings. The number of amides is 1. The maximum Gasteiger partial charge on any atom is 0.417 e. The molecule has 2 aromatic heterocycles. The maximum absolute atomic E-state index is 12.6. The van der Waals surface area contributed by atoms with E-state index in [0.29, 0.717) is 32.1 Å². The number of halogens is 3. The Balaban J connectivity index is 1.65.